The zero-order valence-electron chi connectivity index (χ0n) is 20.6. The van der Waals surface area contributed by atoms with Crippen molar-refractivity contribution in [3.63, 3.8) is 0 Å². The van der Waals surface area contributed by atoms with E-state index < -0.39 is 0 Å². The van der Waals surface area contributed by atoms with Crippen LogP contribution in [0, 0.1) is 32.1 Å². The lowest BCUT2D eigenvalue weighted by molar-refractivity contribution is -0.0979. The molecule has 2 aromatic rings. The Morgan fingerprint density at radius 2 is 1.53 bits per heavy atom. The Labute approximate surface area is 200 Å². The van der Waals surface area contributed by atoms with Gasteiger partial charge in [-0.05, 0) is 53.3 Å². The maximum absolute atomic E-state index is 8.00. The van der Waals surface area contributed by atoms with Crippen LogP contribution in [0.25, 0.3) is 0 Å². The summed E-state index contributed by atoms with van der Waals surface area (Å²) in [5.41, 5.74) is 5.01. The maximum atomic E-state index is 8.00. The number of benzene rings is 2. The minimum Gasteiger partial charge on any atom is -0.412 e. The minimum absolute atomic E-state index is 0. The molecule has 2 N–H and O–H groups in total. The first kappa shape index (κ1) is 34.0. The molecule has 3 nitrogen and oxygen atoms in total. The van der Waals surface area contributed by atoms with Gasteiger partial charge >= 0.3 is 0 Å². The van der Waals surface area contributed by atoms with Gasteiger partial charge in [-0.15, -0.1) is 18.2 Å². The molecule has 0 saturated carbocycles. The summed E-state index contributed by atoms with van der Waals surface area (Å²) in [6.45, 7) is 16.6. The largest absolute Gasteiger partial charge is 0.412 e. The zero-order valence-corrected chi connectivity index (χ0v) is 21.5. The molecule has 32 heavy (non-hydrogen) atoms. The lowest BCUT2D eigenvalue weighted by atomic mass is 9.85. The smallest absolute Gasteiger partial charge is 0.106 e. The Morgan fingerprint density at radius 1 is 1.03 bits per heavy atom. The first-order valence-electron chi connectivity index (χ1n) is 10.2. The minimum atomic E-state index is 0. The predicted octanol–water partition coefficient (Wildman–Crippen LogP) is 6.74. The topological polar surface area (TPSA) is 57.8 Å². The third kappa shape index (κ3) is 13.0. The molecule has 2 unspecified atom stereocenters. The van der Waals surface area contributed by atoms with Gasteiger partial charge in [-0.25, -0.2) is 0 Å². The fourth-order valence-corrected chi connectivity index (χ4v) is 3.65. The van der Waals surface area contributed by atoms with Gasteiger partial charge in [-0.2, -0.15) is 0 Å². The summed E-state index contributed by atoms with van der Waals surface area (Å²) in [6, 6.07) is 16.5. The van der Waals surface area contributed by atoms with E-state index in [0.717, 1.165) is 5.56 Å². The van der Waals surface area contributed by atoms with Crippen LogP contribution in [0.4, 0.5) is 0 Å². The van der Waals surface area contributed by atoms with Crippen molar-refractivity contribution in [3.05, 3.63) is 93.8 Å². The average molecular weight is 457 g/mol. The molecule has 3 rings (SSSR count). The first-order valence-corrected chi connectivity index (χ1v) is 11.1. The van der Waals surface area contributed by atoms with Crippen molar-refractivity contribution in [3.8, 4) is 12.3 Å². The Kier molecular flexibility index (Phi) is 23.0. The van der Waals surface area contributed by atoms with Gasteiger partial charge in [0.05, 0.1) is 0 Å². The van der Waals surface area contributed by atoms with Crippen molar-refractivity contribution < 1.29 is 15.0 Å². The number of ether oxygens (including phenoxy) is 1. The van der Waals surface area contributed by atoms with Gasteiger partial charge in [0.1, 0.15) is 6.79 Å². The van der Waals surface area contributed by atoms with Gasteiger partial charge in [-0.3, -0.25) is 0 Å². The molecule has 176 valence electrons. The number of terminal acetylenes is 1. The number of aryl methyl sites for hydroxylation is 2. The SMILES string of the molecule is C#Cc1ccc(C)cc1.C=C1SC=CC1C(C)c1ccccc1C.C=O.CC.COC.O. The third-order valence-corrected chi connectivity index (χ3v) is 5.18. The van der Waals surface area contributed by atoms with E-state index in [1.807, 2.05) is 51.8 Å². The summed E-state index contributed by atoms with van der Waals surface area (Å²) < 4.78 is 4.25. The van der Waals surface area contributed by atoms with Crippen molar-refractivity contribution in [1.82, 2.24) is 0 Å². The summed E-state index contributed by atoms with van der Waals surface area (Å²) in [4.78, 5) is 9.27. The molecule has 0 saturated heterocycles. The molecule has 1 heterocycles. The summed E-state index contributed by atoms with van der Waals surface area (Å²) >= 11 is 1.76. The molecule has 0 bridgehead atoms. The third-order valence-electron chi connectivity index (χ3n) is 4.31. The van der Waals surface area contributed by atoms with E-state index in [0.29, 0.717) is 11.8 Å². The molecular weight excluding hydrogens is 416 g/mol. The molecule has 0 aromatic heterocycles. The molecule has 0 aliphatic carbocycles. The van der Waals surface area contributed by atoms with E-state index in [4.69, 9.17) is 11.2 Å². The number of hydrogen-bond donors (Lipinski definition) is 0. The molecule has 0 spiro atoms. The van der Waals surface area contributed by atoms with Crippen LogP contribution in [0.15, 0.2) is 71.5 Å². The van der Waals surface area contributed by atoms with Crippen LogP contribution >= 0.6 is 11.8 Å². The van der Waals surface area contributed by atoms with E-state index in [-0.39, 0.29) is 5.48 Å². The van der Waals surface area contributed by atoms with Gasteiger partial charge in [-0.1, -0.05) is 81.3 Å². The number of allylic oxidation sites excluding steroid dienone is 2. The van der Waals surface area contributed by atoms with Crippen LogP contribution in [0.2, 0.25) is 0 Å². The standard InChI is InChI=1S/C14H16S.C9H8.C2H6O.C2H6.CH2O.H2O/c1-10-6-4-5-7-13(10)11(2)14-8-9-15-12(14)3;1-3-9-6-4-8(2)5-7-9;1-3-2;2*1-2;/h4-9,11,14H,3H2,1-2H3;1,4-7H,2H3;1-2H3;1-2H3;1H2;1H2. The average Bonchev–Trinajstić information content (AvgIpc) is 3.24. The second-order valence-corrected chi connectivity index (χ2v) is 7.53. The normalized spacial score (nSPS) is 13.6. The quantitative estimate of drug-likeness (QED) is 0.470. The maximum Gasteiger partial charge on any atom is 0.106 e. The van der Waals surface area contributed by atoms with Gasteiger partial charge in [0.15, 0.2) is 0 Å². The van der Waals surface area contributed by atoms with Gasteiger partial charge in [0.25, 0.3) is 0 Å². The van der Waals surface area contributed by atoms with Crippen molar-refractivity contribution in [2.45, 2.75) is 40.5 Å². The second kappa shape index (κ2) is 21.6. The van der Waals surface area contributed by atoms with Gasteiger partial charge in [0.2, 0.25) is 0 Å². The van der Waals surface area contributed by atoms with Crippen LogP contribution in [0.3, 0.4) is 0 Å². The fraction of sp³-hybridized carbons (Fsp3) is 0.321. The van der Waals surface area contributed by atoms with E-state index in [2.05, 4.69) is 66.8 Å². The van der Waals surface area contributed by atoms with E-state index >= 15 is 0 Å². The van der Waals surface area contributed by atoms with Crippen molar-refractivity contribution in [2.24, 2.45) is 5.92 Å². The van der Waals surface area contributed by atoms with E-state index in [9.17, 15) is 0 Å². The highest BCUT2D eigenvalue weighted by Crippen LogP contribution is 2.41. The summed E-state index contributed by atoms with van der Waals surface area (Å²) in [5.74, 6) is 3.58. The summed E-state index contributed by atoms with van der Waals surface area (Å²) in [6.07, 6.45) is 7.42. The molecular formula is C28H40O3S. The van der Waals surface area contributed by atoms with E-state index in [1.54, 1.807) is 26.0 Å². The predicted molar refractivity (Wildman–Crippen MR) is 143 cm³/mol. The van der Waals surface area contributed by atoms with Crippen LogP contribution in [0.1, 0.15) is 48.9 Å². The highest BCUT2D eigenvalue weighted by Gasteiger charge is 2.23. The fourth-order valence-electron chi connectivity index (χ4n) is 2.78. The number of hydrogen-bond acceptors (Lipinski definition) is 3. The number of thioether (sulfide) groups is 1. The number of methoxy groups -OCH3 is 1. The van der Waals surface area contributed by atoms with Crippen LogP contribution < -0.4 is 0 Å². The number of carbonyl (C=O) groups excluding carboxylic acids is 1. The van der Waals surface area contributed by atoms with Crippen molar-refractivity contribution in [1.29, 1.82) is 0 Å². The molecule has 1 aliphatic heterocycles. The van der Waals surface area contributed by atoms with Gasteiger partial charge in [0, 0.05) is 25.7 Å². The highest BCUT2D eigenvalue weighted by atomic mass is 32.2. The lowest BCUT2D eigenvalue weighted by Gasteiger charge is -2.20. The lowest BCUT2D eigenvalue weighted by Crippen LogP contribution is -2.07. The van der Waals surface area contributed by atoms with Crippen molar-refractivity contribution in [2.75, 3.05) is 14.2 Å². The molecule has 0 radical (unpaired) electrons. The zero-order chi connectivity index (χ0) is 24.2. The first-order chi connectivity index (χ1) is 14.9. The molecule has 2 aromatic carbocycles. The molecule has 1 aliphatic rings. The number of carbonyl (C=O) groups is 1. The van der Waals surface area contributed by atoms with Crippen LogP contribution in [-0.2, 0) is 9.53 Å². The van der Waals surface area contributed by atoms with Crippen LogP contribution in [-0.4, -0.2) is 26.5 Å². The van der Waals surface area contributed by atoms with Crippen molar-refractivity contribution >= 4 is 18.6 Å². The monoisotopic (exact) mass is 456 g/mol. The molecule has 0 amide bonds. The Morgan fingerprint density at radius 3 is 1.94 bits per heavy atom. The summed E-state index contributed by atoms with van der Waals surface area (Å²) in [7, 11) is 3.25. The Hall–Kier alpha value is -2.58. The molecule has 4 heteroatoms. The molecule has 2 atom stereocenters. The highest BCUT2D eigenvalue weighted by molar-refractivity contribution is 8.06. The van der Waals surface area contributed by atoms with Gasteiger partial charge < -0.3 is 15.0 Å². The molecule has 0 fully saturated rings. The number of rotatable bonds is 2. The Balaban J connectivity index is -0.000000426. The summed E-state index contributed by atoms with van der Waals surface area (Å²) in [5, 5.41) is 2.15. The second-order valence-electron chi connectivity index (χ2n) is 6.50. The van der Waals surface area contributed by atoms with Crippen LogP contribution in [0.5, 0.6) is 0 Å². The van der Waals surface area contributed by atoms with E-state index in [1.165, 1.54) is 21.6 Å². The Bertz CT molecular complexity index is 804.